The molecule has 1 rings (SSSR count). The molecule has 200 valence electrons. The zero-order valence-corrected chi connectivity index (χ0v) is 22.7. The maximum Gasteiger partial charge on any atom is 0.490 e. The lowest BCUT2D eigenvalue weighted by Crippen LogP contribution is -2.26. The molecule has 0 radical (unpaired) electrons. The number of rotatable bonds is 15. The molecule has 13 heteroatoms. The van der Waals surface area contributed by atoms with Gasteiger partial charge in [0.15, 0.2) is 0 Å². The molecule has 0 aliphatic rings. The fourth-order valence-corrected chi connectivity index (χ4v) is 4.05. The zero-order chi connectivity index (χ0) is 26.7. The maximum atomic E-state index is 11.9. The largest absolute Gasteiger partial charge is 0.494 e. The van der Waals surface area contributed by atoms with Crippen molar-refractivity contribution >= 4 is 49.8 Å². The zero-order valence-electron chi connectivity index (χ0n) is 19.5. The van der Waals surface area contributed by atoms with Gasteiger partial charge in [0.25, 0.3) is 0 Å². The summed E-state index contributed by atoms with van der Waals surface area (Å²) in [7, 11) is 1.62. The fraction of sp³-hybridized carbons (Fsp3) is 0.545. The number of carboxylic acid groups (broad SMARTS) is 1. The van der Waals surface area contributed by atoms with E-state index in [0.29, 0.717) is 6.54 Å². The second kappa shape index (κ2) is 19.5. The Hall–Kier alpha value is -1.67. The molecule has 8 nitrogen and oxygen atoms in total. The molecule has 35 heavy (non-hydrogen) atoms. The standard InChI is InChI=1S/C20H32Br2N4O2.C2HF3O2/c1-28-20-17(21)14-16(15-18(20)22)6-7-19(27)26-13-5-12-25-10-3-2-9-24-11-4-8-23;3-2(4,5)1(6)7/h6-7,14-15,24-25H,2-5,8-13,23H2,1H3,(H,26,27);(H,6,7)/b7-6+;. The first-order chi connectivity index (χ1) is 16.5. The number of nitrogens with one attached hydrogen (secondary N) is 3. The van der Waals surface area contributed by atoms with Crippen LogP contribution in [-0.2, 0) is 9.59 Å². The second-order valence-electron chi connectivity index (χ2n) is 7.15. The highest BCUT2D eigenvalue weighted by Crippen LogP contribution is 2.34. The molecule has 0 saturated carbocycles. The van der Waals surface area contributed by atoms with Crippen molar-refractivity contribution in [1.29, 1.82) is 0 Å². The summed E-state index contributed by atoms with van der Waals surface area (Å²) < 4.78 is 38.7. The predicted octanol–water partition coefficient (Wildman–Crippen LogP) is 3.68. The quantitative estimate of drug-likeness (QED) is 0.147. The van der Waals surface area contributed by atoms with Gasteiger partial charge >= 0.3 is 12.1 Å². The van der Waals surface area contributed by atoms with E-state index in [1.165, 1.54) is 0 Å². The Morgan fingerprint density at radius 3 is 1.94 bits per heavy atom. The highest BCUT2D eigenvalue weighted by molar-refractivity contribution is 9.11. The molecule has 0 spiro atoms. The molecule has 0 aromatic heterocycles. The summed E-state index contributed by atoms with van der Waals surface area (Å²) in [6, 6.07) is 3.82. The van der Waals surface area contributed by atoms with E-state index >= 15 is 0 Å². The molecular formula is C22H33Br2F3N4O4. The smallest absolute Gasteiger partial charge is 0.490 e. The monoisotopic (exact) mass is 632 g/mol. The van der Waals surface area contributed by atoms with Gasteiger partial charge in [0, 0.05) is 12.6 Å². The van der Waals surface area contributed by atoms with Crippen LogP contribution in [0.15, 0.2) is 27.2 Å². The molecule has 6 N–H and O–H groups in total. The Morgan fingerprint density at radius 2 is 1.49 bits per heavy atom. The van der Waals surface area contributed by atoms with Gasteiger partial charge in [-0.25, -0.2) is 4.79 Å². The lowest BCUT2D eigenvalue weighted by atomic mass is 10.2. The topological polar surface area (TPSA) is 126 Å². The summed E-state index contributed by atoms with van der Waals surface area (Å²) in [5.74, 6) is -2.11. The lowest BCUT2D eigenvalue weighted by molar-refractivity contribution is -0.192. The summed E-state index contributed by atoms with van der Waals surface area (Å²) in [6.07, 6.45) is 2.51. The fourth-order valence-electron chi connectivity index (χ4n) is 2.50. The number of amides is 1. The van der Waals surface area contributed by atoms with Gasteiger partial charge in [-0.05, 0) is 114 Å². The number of hydrogen-bond donors (Lipinski definition) is 5. The van der Waals surface area contributed by atoms with Gasteiger partial charge in [-0.15, -0.1) is 0 Å². The van der Waals surface area contributed by atoms with Crippen LogP contribution in [0.2, 0.25) is 0 Å². The normalized spacial score (nSPS) is 11.2. The van der Waals surface area contributed by atoms with E-state index in [1.54, 1.807) is 19.3 Å². The molecule has 1 amide bonds. The number of carbonyl (C=O) groups is 2. The first-order valence-electron chi connectivity index (χ1n) is 10.9. The first-order valence-corrected chi connectivity index (χ1v) is 12.5. The molecule has 0 atom stereocenters. The van der Waals surface area contributed by atoms with Crippen molar-refractivity contribution in [3.05, 3.63) is 32.7 Å². The van der Waals surface area contributed by atoms with Crippen LogP contribution in [0, 0.1) is 0 Å². The van der Waals surface area contributed by atoms with Crippen LogP contribution in [0.5, 0.6) is 5.75 Å². The Bertz CT molecular complexity index is 773. The van der Waals surface area contributed by atoms with E-state index in [-0.39, 0.29) is 5.91 Å². The number of carboxylic acids is 1. The van der Waals surface area contributed by atoms with Crippen LogP contribution >= 0.6 is 31.9 Å². The summed E-state index contributed by atoms with van der Waals surface area (Å²) in [5.41, 5.74) is 6.35. The third kappa shape index (κ3) is 17.4. The van der Waals surface area contributed by atoms with E-state index in [2.05, 4.69) is 47.8 Å². The van der Waals surface area contributed by atoms with Gasteiger partial charge in [-0.1, -0.05) is 0 Å². The molecule has 0 aliphatic carbocycles. The van der Waals surface area contributed by atoms with Crippen LogP contribution in [0.3, 0.4) is 0 Å². The number of ether oxygens (including phenoxy) is 1. The van der Waals surface area contributed by atoms with E-state index in [1.807, 2.05) is 12.1 Å². The molecule has 1 aromatic rings. The lowest BCUT2D eigenvalue weighted by Gasteiger charge is -2.07. The Labute approximate surface area is 220 Å². The number of nitrogens with two attached hydrogens (primary N) is 1. The number of carbonyl (C=O) groups excluding carboxylic acids is 1. The molecule has 0 unspecified atom stereocenters. The highest BCUT2D eigenvalue weighted by Gasteiger charge is 2.38. The van der Waals surface area contributed by atoms with Crippen molar-refractivity contribution in [3.63, 3.8) is 0 Å². The maximum absolute atomic E-state index is 11.9. The molecule has 0 bridgehead atoms. The van der Waals surface area contributed by atoms with Crippen molar-refractivity contribution in [2.45, 2.75) is 31.9 Å². The van der Waals surface area contributed by atoms with Crippen LogP contribution < -0.4 is 26.4 Å². The van der Waals surface area contributed by atoms with Gasteiger partial charge in [-0.3, -0.25) is 4.79 Å². The number of hydrogen-bond acceptors (Lipinski definition) is 6. The van der Waals surface area contributed by atoms with Gasteiger partial charge in [-0.2, -0.15) is 13.2 Å². The first kappa shape index (κ1) is 33.3. The van der Waals surface area contributed by atoms with Crippen LogP contribution in [0.4, 0.5) is 13.2 Å². The molecule has 0 aliphatic heterocycles. The second-order valence-corrected chi connectivity index (χ2v) is 8.86. The average Bonchev–Trinajstić information content (AvgIpc) is 2.78. The Balaban J connectivity index is 0.00000143. The molecule has 1 aromatic carbocycles. The molecule has 0 saturated heterocycles. The summed E-state index contributed by atoms with van der Waals surface area (Å²) >= 11 is 6.91. The highest BCUT2D eigenvalue weighted by atomic mass is 79.9. The summed E-state index contributed by atoms with van der Waals surface area (Å²) in [6.45, 7) is 5.37. The Kier molecular flexibility index (Phi) is 18.6. The average molecular weight is 634 g/mol. The van der Waals surface area contributed by atoms with Gasteiger partial charge in [0.2, 0.25) is 5.91 Å². The van der Waals surface area contributed by atoms with Gasteiger partial charge in [0.1, 0.15) is 5.75 Å². The van der Waals surface area contributed by atoms with Crippen molar-refractivity contribution in [2.75, 3.05) is 46.4 Å². The van der Waals surface area contributed by atoms with Gasteiger partial charge < -0.3 is 31.5 Å². The third-order valence-electron chi connectivity index (χ3n) is 4.24. The number of halogens is 5. The molecular weight excluding hydrogens is 601 g/mol. The molecule has 0 heterocycles. The number of unbranched alkanes of at least 4 members (excludes halogenated alkanes) is 1. The third-order valence-corrected chi connectivity index (χ3v) is 5.42. The van der Waals surface area contributed by atoms with Crippen molar-refractivity contribution in [3.8, 4) is 5.75 Å². The number of methoxy groups -OCH3 is 1. The van der Waals surface area contributed by atoms with Crippen LogP contribution in [-0.4, -0.2) is 69.5 Å². The van der Waals surface area contributed by atoms with Crippen LogP contribution in [0.1, 0.15) is 31.2 Å². The Morgan fingerprint density at radius 1 is 1.00 bits per heavy atom. The SMILES string of the molecule is COc1c(Br)cc(/C=C/C(=O)NCCCNCCCCNCCCN)cc1Br.O=C(O)C(F)(F)F. The summed E-state index contributed by atoms with van der Waals surface area (Å²) in [5, 5.41) is 16.8. The predicted molar refractivity (Wildman–Crippen MR) is 137 cm³/mol. The molecule has 0 fully saturated rings. The van der Waals surface area contributed by atoms with E-state index < -0.39 is 12.1 Å². The number of benzene rings is 1. The van der Waals surface area contributed by atoms with Crippen molar-refractivity contribution < 1.29 is 32.6 Å². The van der Waals surface area contributed by atoms with Crippen molar-refractivity contribution in [2.24, 2.45) is 5.73 Å². The number of alkyl halides is 3. The van der Waals surface area contributed by atoms with Gasteiger partial charge in [0.05, 0.1) is 16.1 Å². The van der Waals surface area contributed by atoms with Crippen molar-refractivity contribution in [1.82, 2.24) is 16.0 Å². The minimum absolute atomic E-state index is 0.0911. The van der Waals surface area contributed by atoms with E-state index in [0.717, 1.165) is 78.7 Å². The minimum Gasteiger partial charge on any atom is -0.494 e. The summed E-state index contributed by atoms with van der Waals surface area (Å²) in [4.78, 5) is 20.8. The van der Waals surface area contributed by atoms with E-state index in [9.17, 15) is 18.0 Å². The minimum atomic E-state index is -5.08. The van der Waals surface area contributed by atoms with E-state index in [4.69, 9.17) is 20.4 Å². The number of aliphatic carboxylic acids is 1. The van der Waals surface area contributed by atoms with Crippen LogP contribution in [0.25, 0.3) is 6.08 Å².